The molecule has 2 rings (SSSR count). The second-order valence-electron chi connectivity index (χ2n) is 4.31. The quantitative estimate of drug-likeness (QED) is 0.841. The van der Waals surface area contributed by atoms with Crippen LogP contribution in [-0.4, -0.2) is 48.2 Å². The Labute approximate surface area is 109 Å². The number of aliphatic hydroxyl groups is 1. The van der Waals surface area contributed by atoms with Gasteiger partial charge in [0.1, 0.15) is 5.82 Å². The number of nitrogens with zero attached hydrogens (tertiary/aromatic N) is 1. The van der Waals surface area contributed by atoms with E-state index in [4.69, 9.17) is 11.6 Å². The monoisotopic (exact) mass is 272 g/mol. The van der Waals surface area contributed by atoms with Crippen molar-refractivity contribution < 1.29 is 14.3 Å². The number of rotatable bonds is 2. The molecule has 0 radical (unpaired) electrons. The normalized spacial score (nSPS) is 23.1. The predicted octanol–water partition coefficient (Wildman–Crippen LogP) is 0.884. The van der Waals surface area contributed by atoms with Crippen LogP contribution in [0.3, 0.4) is 0 Å². The van der Waals surface area contributed by atoms with Crippen LogP contribution in [-0.2, 0) is 0 Å². The third-order valence-electron chi connectivity index (χ3n) is 3.15. The van der Waals surface area contributed by atoms with Crippen molar-refractivity contribution in [2.24, 2.45) is 0 Å². The molecule has 4 nitrogen and oxygen atoms in total. The zero-order chi connectivity index (χ0) is 13.3. The number of amides is 1. The highest BCUT2D eigenvalue weighted by molar-refractivity contribution is 6.34. The van der Waals surface area contributed by atoms with Crippen molar-refractivity contribution in [1.29, 1.82) is 0 Å². The molecule has 2 N–H and O–H groups in total. The second-order valence-corrected chi connectivity index (χ2v) is 4.69. The molecular formula is C12H14ClFN2O2. The fourth-order valence-electron chi connectivity index (χ4n) is 2.06. The first-order valence-corrected chi connectivity index (χ1v) is 6.00. The van der Waals surface area contributed by atoms with Crippen LogP contribution < -0.4 is 5.32 Å². The summed E-state index contributed by atoms with van der Waals surface area (Å²) >= 11 is 5.77. The Morgan fingerprint density at radius 1 is 1.56 bits per heavy atom. The largest absolute Gasteiger partial charge is 0.390 e. The smallest absolute Gasteiger partial charge is 0.255 e. The van der Waals surface area contributed by atoms with Gasteiger partial charge in [-0.25, -0.2) is 4.39 Å². The summed E-state index contributed by atoms with van der Waals surface area (Å²) in [5.74, 6) is -1.02. The van der Waals surface area contributed by atoms with Gasteiger partial charge < -0.3 is 15.3 Å². The number of halogens is 2. The molecular weight excluding hydrogens is 259 g/mol. The Kier molecular flexibility index (Phi) is 3.85. The number of aliphatic hydroxyl groups excluding tert-OH is 1. The lowest BCUT2D eigenvalue weighted by Gasteiger charge is -2.26. The molecule has 1 fully saturated rings. The molecule has 2 atom stereocenters. The van der Waals surface area contributed by atoms with Gasteiger partial charge >= 0.3 is 0 Å². The number of likely N-dealkylation sites (N-methyl/N-ethyl adjacent to an activating group) is 1. The highest BCUT2D eigenvalue weighted by Gasteiger charge is 2.32. The molecule has 0 aromatic heterocycles. The molecule has 0 unspecified atom stereocenters. The summed E-state index contributed by atoms with van der Waals surface area (Å²) in [6.07, 6.45) is -0.619. The molecule has 0 aliphatic carbocycles. The van der Waals surface area contributed by atoms with Crippen molar-refractivity contribution >= 4 is 17.5 Å². The number of β-amino-alcohol motifs (C(OH)–C–C–N with tert-alkyl or cyclic N) is 1. The van der Waals surface area contributed by atoms with Gasteiger partial charge in [-0.2, -0.15) is 0 Å². The molecule has 1 aliphatic rings. The first kappa shape index (κ1) is 13.3. The molecule has 0 bridgehead atoms. The zero-order valence-corrected chi connectivity index (χ0v) is 10.6. The Balaban J connectivity index is 2.23. The third-order valence-corrected chi connectivity index (χ3v) is 3.54. The second kappa shape index (κ2) is 5.22. The van der Waals surface area contributed by atoms with Gasteiger partial charge in [0.2, 0.25) is 0 Å². The maximum Gasteiger partial charge on any atom is 0.255 e. The molecule has 1 heterocycles. The summed E-state index contributed by atoms with van der Waals surface area (Å²) in [4.78, 5) is 13.6. The van der Waals surface area contributed by atoms with Gasteiger partial charge in [0.05, 0.1) is 22.7 Å². The molecule has 0 saturated carbocycles. The molecule has 1 aliphatic heterocycles. The number of nitrogens with one attached hydrogen (secondary N) is 1. The van der Waals surface area contributed by atoms with Crippen LogP contribution >= 0.6 is 11.6 Å². The van der Waals surface area contributed by atoms with Gasteiger partial charge in [-0.3, -0.25) is 4.79 Å². The maximum atomic E-state index is 13.3. The van der Waals surface area contributed by atoms with Crippen molar-refractivity contribution in [3.05, 3.63) is 34.6 Å². The molecule has 1 aromatic carbocycles. The summed E-state index contributed by atoms with van der Waals surface area (Å²) in [5.41, 5.74) is 0.110. The van der Waals surface area contributed by atoms with E-state index in [-0.39, 0.29) is 16.6 Å². The van der Waals surface area contributed by atoms with Crippen LogP contribution in [0.4, 0.5) is 4.39 Å². The van der Waals surface area contributed by atoms with Crippen LogP contribution in [0, 0.1) is 5.82 Å². The zero-order valence-electron chi connectivity index (χ0n) is 9.86. The number of hydrogen-bond acceptors (Lipinski definition) is 3. The summed E-state index contributed by atoms with van der Waals surface area (Å²) in [6, 6.07) is 3.78. The van der Waals surface area contributed by atoms with E-state index < -0.39 is 17.8 Å². The van der Waals surface area contributed by atoms with Crippen molar-refractivity contribution in [3.8, 4) is 0 Å². The minimum Gasteiger partial charge on any atom is -0.390 e. The SMILES string of the molecule is CN(C(=O)c1cccc(F)c1Cl)[C@H]1CNC[C@@H]1O. The first-order chi connectivity index (χ1) is 8.52. The van der Waals surface area contributed by atoms with Gasteiger partial charge in [-0.15, -0.1) is 0 Å². The summed E-state index contributed by atoms with van der Waals surface area (Å²) in [6.45, 7) is 0.954. The lowest BCUT2D eigenvalue weighted by molar-refractivity contribution is 0.0581. The Bertz CT molecular complexity index is 469. The van der Waals surface area contributed by atoms with Crippen LogP contribution in [0.5, 0.6) is 0 Å². The average molecular weight is 273 g/mol. The van der Waals surface area contributed by atoms with E-state index in [1.807, 2.05) is 0 Å². The van der Waals surface area contributed by atoms with E-state index in [1.165, 1.54) is 23.1 Å². The molecule has 1 amide bonds. The van der Waals surface area contributed by atoms with Gasteiger partial charge in [0.25, 0.3) is 5.91 Å². The number of benzene rings is 1. The van der Waals surface area contributed by atoms with E-state index >= 15 is 0 Å². The van der Waals surface area contributed by atoms with Gasteiger partial charge in [-0.1, -0.05) is 17.7 Å². The fraction of sp³-hybridized carbons (Fsp3) is 0.417. The van der Waals surface area contributed by atoms with Crippen LogP contribution in [0.1, 0.15) is 10.4 Å². The lowest BCUT2D eigenvalue weighted by Crippen LogP contribution is -2.44. The van der Waals surface area contributed by atoms with Crippen molar-refractivity contribution in [3.63, 3.8) is 0 Å². The van der Waals surface area contributed by atoms with Crippen LogP contribution in [0.15, 0.2) is 18.2 Å². The summed E-state index contributed by atoms with van der Waals surface area (Å²) < 4.78 is 13.3. The highest BCUT2D eigenvalue weighted by atomic mass is 35.5. The lowest BCUT2D eigenvalue weighted by atomic mass is 10.1. The van der Waals surface area contributed by atoms with Crippen LogP contribution in [0.25, 0.3) is 0 Å². The third kappa shape index (κ3) is 2.34. The van der Waals surface area contributed by atoms with Crippen molar-refractivity contribution in [2.75, 3.05) is 20.1 Å². The molecule has 18 heavy (non-hydrogen) atoms. The summed E-state index contributed by atoms with van der Waals surface area (Å²) in [5, 5.41) is 12.5. The number of carbonyl (C=O) groups is 1. The minimum absolute atomic E-state index is 0.110. The molecule has 1 aromatic rings. The molecule has 1 saturated heterocycles. The van der Waals surface area contributed by atoms with E-state index in [1.54, 1.807) is 7.05 Å². The molecule has 0 spiro atoms. The first-order valence-electron chi connectivity index (χ1n) is 5.62. The van der Waals surface area contributed by atoms with Crippen molar-refractivity contribution in [2.45, 2.75) is 12.1 Å². The standard InChI is InChI=1S/C12H14ClFN2O2/c1-16(9-5-15-6-10(9)17)12(18)7-3-2-4-8(14)11(7)13/h2-4,9-10,15,17H,5-6H2,1H3/t9-,10-/m0/s1. The van der Waals surface area contributed by atoms with E-state index in [9.17, 15) is 14.3 Å². The van der Waals surface area contributed by atoms with Gasteiger partial charge in [-0.05, 0) is 12.1 Å². The van der Waals surface area contributed by atoms with Gasteiger partial charge in [0.15, 0.2) is 0 Å². The van der Waals surface area contributed by atoms with Gasteiger partial charge in [0, 0.05) is 20.1 Å². The van der Waals surface area contributed by atoms with E-state index in [0.717, 1.165) is 0 Å². The topological polar surface area (TPSA) is 52.6 Å². The number of carbonyl (C=O) groups excluding carboxylic acids is 1. The average Bonchev–Trinajstić information content (AvgIpc) is 2.77. The number of hydrogen-bond donors (Lipinski definition) is 2. The fourth-order valence-corrected chi connectivity index (χ4v) is 2.26. The molecule has 98 valence electrons. The van der Waals surface area contributed by atoms with Crippen molar-refractivity contribution in [1.82, 2.24) is 10.2 Å². The predicted molar refractivity (Wildman–Crippen MR) is 66.2 cm³/mol. The van der Waals surface area contributed by atoms with E-state index in [2.05, 4.69) is 5.32 Å². The summed E-state index contributed by atoms with van der Waals surface area (Å²) in [7, 11) is 1.57. The maximum absolute atomic E-state index is 13.3. The Hall–Kier alpha value is -1.17. The van der Waals surface area contributed by atoms with E-state index in [0.29, 0.717) is 13.1 Å². The Morgan fingerprint density at radius 2 is 2.28 bits per heavy atom. The van der Waals surface area contributed by atoms with Crippen LogP contribution in [0.2, 0.25) is 5.02 Å². The molecule has 6 heteroatoms. The Morgan fingerprint density at radius 3 is 2.89 bits per heavy atom. The minimum atomic E-state index is -0.624. The highest BCUT2D eigenvalue weighted by Crippen LogP contribution is 2.22.